The van der Waals surface area contributed by atoms with Crippen molar-refractivity contribution in [1.82, 2.24) is 0 Å². The molecule has 2 rings (SSSR count). The zero-order valence-corrected chi connectivity index (χ0v) is 11.6. The maximum absolute atomic E-state index is 11.6. The summed E-state index contributed by atoms with van der Waals surface area (Å²) in [5, 5.41) is 0. The van der Waals surface area contributed by atoms with E-state index in [4.69, 9.17) is 4.74 Å². The van der Waals surface area contributed by atoms with Gasteiger partial charge in [0.1, 0.15) is 5.75 Å². The first-order valence-corrected chi connectivity index (χ1v) is 6.38. The molecule has 1 aliphatic rings. The fraction of sp³-hybridized carbons (Fsp3) is 0.353. The Balaban J connectivity index is 2.17. The topological polar surface area (TPSA) is 26.3 Å². The Bertz CT molecular complexity index is 566. The van der Waals surface area contributed by atoms with Crippen LogP contribution in [-0.2, 0) is 4.79 Å². The molecule has 0 aliphatic heterocycles. The summed E-state index contributed by atoms with van der Waals surface area (Å²) in [6.45, 7) is 4.21. The number of carbonyl (C=O) groups is 1. The highest BCUT2D eigenvalue weighted by atomic mass is 16.5. The van der Waals surface area contributed by atoms with Crippen LogP contribution < -0.4 is 4.74 Å². The number of hydrogen-bond acceptors (Lipinski definition) is 2. The van der Waals surface area contributed by atoms with Crippen LogP contribution in [-0.4, -0.2) is 12.9 Å². The molecule has 98 valence electrons. The van der Waals surface area contributed by atoms with Crippen molar-refractivity contribution in [2.45, 2.75) is 26.7 Å². The minimum atomic E-state index is 0.0236. The first kappa shape index (κ1) is 13.4. The predicted molar refractivity (Wildman–Crippen MR) is 76.0 cm³/mol. The number of ether oxygens (including phenoxy) is 1. The second-order valence-electron chi connectivity index (χ2n) is 5.63. The summed E-state index contributed by atoms with van der Waals surface area (Å²) in [7, 11) is 1.64. The van der Waals surface area contributed by atoms with Crippen molar-refractivity contribution in [1.29, 1.82) is 0 Å². The van der Waals surface area contributed by atoms with Gasteiger partial charge in [-0.1, -0.05) is 25.7 Å². The molecule has 0 N–H and O–H groups in total. The molecular weight excluding hydrogens is 236 g/mol. The Morgan fingerprint density at radius 1 is 1.11 bits per heavy atom. The number of carbonyl (C=O) groups excluding carboxylic acids is 1. The van der Waals surface area contributed by atoms with Crippen LogP contribution in [0.1, 0.15) is 32.3 Å². The van der Waals surface area contributed by atoms with Crippen LogP contribution in [0.25, 0.3) is 0 Å². The maximum atomic E-state index is 11.6. The van der Waals surface area contributed by atoms with Gasteiger partial charge in [0.15, 0.2) is 5.78 Å². The lowest BCUT2D eigenvalue weighted by Crippen LogP contribution is -2.21. The highest BCUT2D eigenvalue weighted by Crippen LogP contribution is 2.33. The van der Waals surface area contributed by atoms with E-state index in [1.54, 1.807) is 13.2 Å². The summed E-state index contributed by atoms with van der Waals surface area (Å²) < 4.78 is 5.10. The predicted octanol–water partition coefficient (Wildman–Crippen LogP) is 3.36. The van der Waals surface area contributed by atoms with Gasteiger partial charge in [0.2, 0.25) is 0 Å². The van der Waals surface area contributed by atoms with E-state index in [1.807, 2.05) is 24.3 Å². The highest BCUT2D eigenvalue weighted by molar-refractivity contribution is 5.92. The van der Waals surface area contributed by atoms with E-state index in [1.165, 1.54) is 0 Å². The SMILES string of the molecule is COc1ccc(C#CC2=CC(=O)CC(C)(C)C2)cc1. The van der Waals surface area contributed by atoms with Crippen molar-refractivity contribution < 1.29 is 9.53 Å². The van der Waals surface area contributed by atoms with E-state index >= 15 is 0 Å². The van der Waals surface area contributed by atoms with E-state index in [-0.39, 0.29) is 11.2 Å². The fourth-order valence-electron chi connectivity index (χ4n) is 2.25. The molecule has 0 bridgehead atoms. The molecule has 2 heteroatoms. The largest absolute Gasteiger partial charge is 0.497 e. The molecular formula is C17H18O2. The number of rotatable bonds is 1. The minimum Gasteiger partial charge on any atom is -0.497 e. The summed E-state index contributed by atoms with van der Waals surface area (Å²) >= 11 is 0. The van der Waals surface area contributed by atoms with Crippen LogP contribution in [0.4, 0.5) is 0 Å². The second kappa shape index (κ2) is 5.32. The molecule has 19 heavy (non-hydrogen) atoms. The molecule has 0 heterocycles. The van der Waals surface area contributed by atoms with Gasteiger partial charge >= 0.3 is 0 Å². The van der Waals surface area contributed by atoms with Gasteiger partial charge in [0.25, 0.3) is 0 Å². The van der Waals surface area contributed by atoms with Gasteiger partial charge in [-0.15, -0.1) is 0 Å². The molecule has 0 saturated carbocycles. The quantitative estimate of drug-likeness (QED) is 0.718. The molecule has 0 aromatic heterocycles. The van der Waals surface area contributed by atoms with Gasteiger partial charge in [0.05, 0.1) is 7.11 Å². The van der Waals surface area contributed by atoms with Crippen molar-refractivity contribution in [3.8, 4) is 17.6 Å². The van der Waals surface area contributed by atoms with Crippen molar-refractivity contribution in [2.24, 2.45) is 5.41 Å². The molecule has 0 atom stereocenters. The van der Waals surface area contributed by atoms with Crippen molar-refractivity contribution in [2.75, 3.05) is 7.11 Å². The van der Waals surface area contributed by atoms with Gasteiger partial charge in [0, 0.05) is 17.6 Å². The molecule has 0 saturated heterocycles. The summed E-state index contributed by atoms with van der Waals surface area (Å²) in [5.41, 5.74) is 1.88. The first-order chi connectivity index (χ1) is 8.98. The Labute approximate surface area is 114 Å². The Morgan fingerprint density at radius 2 is 1.79 bits per heavy atom. The van der Waals surface area contributed by atoms with Gasteiger partial charge in [-0.3, -0.25) is 4.79 Å². The van der Waals surface area contributed by atoms with Crippen LogP contribution in [0.5, 0.6) is 5.75 Å². The third-order valence-corrected chi connectivity index (χ3v) is 3.11. The third kappa shape index (κ3) is 3.72. The molecule has 2 nitrogen and oxygen atoms in total. The zero-order chi connectivity index (χ0) is 13.9. The number of allylic oxidation sites excluding steroid dienone is 2. The van der Waals surface area contributed by atoms with Gasteiger partial charge < -0.3 is 4.74 Å². The molecule has 1 aliphatic carbocycles. The molecule has 1 aromatic carbocycles. The smallest absolute Gasteiger partial charge is 0.157 e. The highest BCUT2D eigenvalue weighted by Gasteiger charge is 2.26. The lowest BCUT2D eigenvalue weighted by molar-refractivity contribution is -0.116. The molecule has 0 radical (unpaired) electrons. The number of ketones is 1. The zero-order valence-electron chi connectivity index (χ0n) is 11.6. The first-order valence-electron chi connectivity index (χ1n) is 6.38. The Kier molecular flexibility index (Phi) is 3.76. The Morgan fingerprint density at radius 3 is 2.37 bits per heavy atom. The summed E-state index contributed by atoms with van der Waals surface area (Å²) in [5.74, 6) is 7.20. The third-order valence-electron chi connectivity index (χ3n) is 3.11. The summed E-state index contributed by atoms with van der Waals surface area (Å²) in [6.07, 6.45) is 3.16. The maximum Gasteiger partial charge on any atom is 0.157 e. The molecule has 1 aromatic rings. The second-order valence-corrected chi connectivity index (χ2v) is 5.63. The summed E-state index contributed by atoms with van der Waals surface area (Å²) in [4.78, 5) is 11.6. The average Bonchev–Trinajstić information content (AvgIpc) is 2.34. The lowest BCUT2D eigenvalue weighted by Gasteiger charge is -2.26. The van der Waals surface area contributed by atoms with Crippen LogP contribution in [0, 0.1) is 17.3 Å². The van der Waals surface area contributed by atoms with E-state index in [0.29, 0.717) is 6.42 Å². The van der Waals surface area contributed by atoms with Gasteiger partial charge in [-0.25, -0.2) is 0 Å². The van der Waals surface area contributed by atoms with Crippen LogP contribution >= 0.6 is 0 Å². The van der Waals surface area contributed by atoms with Crippen LogP contribution in [0.3, 0.4) is 0 Å². The fourth-order valence-corrected chi connectivity index (χ4v) is 2.25. The van der Waals surface area contributed by atoms with Gasteiger partial charge in [-0.05, 0) is 42.2 Å². The minimum absolute atomic E-state index is 0.0236. The van der Waals surface area contributed by atoms with Crippen molar-refractivity contribution in [3.05, 3.63) is 41.5 Å². The number of hydrogen-bond donors (Lipinski definition) is 0. The number of methoxy groups -OCH3 is 1. The van der Waals surface area contributed by atoms with E-state index in [2.05, 4.69) is 25.7 Å². The monoisotopic (exact) mass is 254 g/mol. The molecule has 0 unspecified atom stereocenters. The number of benzene rings is 1. The van der Waals surface area contributed by atoms with Crippen LogP contribution in [0.2, 0.25) is 0 Å². The van der Waals surface area contributed by atoms with E-state index in [9.17, 15) is 4.79 Å². The lowest BCUT2D eigenvalue weighted by atomic mass is 9.77. The van der Waals surface area contributed by atoms with Gasteiger partial charge in [-0.2, -0.15) is 0 Å². The molecule has 0 amide bonds. The summed E-state index contributed by atoms with van der Waals surface area (Å²) in [6, 6.07) is 7.60. The molecule has 0 fully saturated rings. The van der Waals surface area contributed by atoms with E-state index < -0.39 is 0 Å². The standard InChI is InChI=1S/C17H18O2/c1-17(2)11-14(10-15(18)12-17)5-4-13-6-8-16(19-3)9-7-13/h6-10H,11-12H2,1-3H3. The Hall–Kier alpha value is -2.01. The van der Waals surface area contributed by atoms with Crippen molar-refractivity contribution in [3.63, 3.8) is 0 Å². The average molecular weight is 254 g/mol. The van der Waals surface area contributed by atoms with Crippen LogP contribution in [0.15, 0.2) is 35.9 Å². The normalized spacial score (nSPS) is 17.2. The van der Waals surface area contributed by atoms with E-state index in [0.717, 1.165) is 23.3 Å². The van der Waals surface area contributed by atoms with Crippen molar-refractivity contribution >= 4 is 5.78 Å². The molecule has 0 spiro atoms.